The van der Waals surface area contributed by atoms with Crippen LogP contribution in [0, 0.1) is 5.82 Å². The van der Waals surface area contributed by atoms with Crippen molar-refractivity contribution < 1.29 is 9.50 Å². The molecular formula is C16H13BrFNO. The van der Waals surface area contributed by atoms with Crippen LogP contribution in [0.3, 0.4) is 0 Å². The second-order valence-electron chi connectivity index (χ2n) is 4.73. The Morgan fingerprint density at radius 1 is 1.10 bits per heavy atom. The van der Waals surface area contributed by atoms with E-state index in [0.717, 1.165) is 20.9 Å². The third kappa shape index (κ3) is 2.49. The molecule has 0 amide bonds. The van der Waals surface area contributed by atoms with E-state index in [1.807, 2.05) is 41.1 Å². The van der Waals surface area contributed by atoms with E-state index in [1.165, 1.54) is 6.07 Å². The molecule has 0 saturated heterocycles. The number of nitrogens with zero attached hydrogens (tertiary/aromatic N) is 1. The van der Waals surface area contributed by atoms with Gasteiger partial charge in [0.05, 0.1) is 13.2 Å². The van der Waals surface area contributed by atoms with Gasteiger partial charge in [-0.05, 0) is 41.3 Å². The molecule has 3 aromatic rings. The molecule has 0 saturated carbocycles. The minimum atomic E-state index is -0.215. The maximum Gasteiger partial charge on any atom is 0.129 e. The molecule has 102 valence electrons. The van der Waals surface area contributed by atoms with Crippen LogP contribution in [0.2, 0.25) is 0 Å². The number of rotatable bonds is 3. The molecule has 0 radical (unpaired) electrons. The fourth-order valence-electron chi connectivity index (χ4n) is 2.32. The summed E-state index contributed by atoms with van der Waals surface area (Å²) in [6.45, 7) is 0.517. The molecule has 0 unspecified atom stereocenters. The Bertz CT molecular complexity index is 766. The number of aliphatic hydroxyl groups is 1. The summed E-state index contributed by atoms with van der Waals surface area (Å²) in [5.41, 5.74) is 2.56. The molecule has 4 heteroatoms. The number of hydrogen-bond donors (Lipinski definition) is 1. The summed E-state index contributed by atoms with van der Waals surface area (Å²) in [7, 11) is 0. The van der Waals surface area contributed by atoms with Gasteiger partial charge in [-0.15, -0.1) is 0 Å². The zero-order chi connectivity index (χ0) is 14.1. The number of halogens is 2. The molecule has 1 heterocycles. The largest absolute Gasteiger partial charge is 0.392 e. The summed E-state index contributed by atoms with van der Waals surface area (Å²) in [6.07, 6.45) is 1.94. The second kappa shape index (κ2) is 5.38. The van der Waals surface area contributed by atoms with Crippen molar-refractivity contribution in [3.63, 3.8) is 0 Å². The Kier molecular flexibility index (Phi) is 3.59. The molecule has 0 aliphatic rings. The van der Waals surface area contributed by atoms with Crippen LogP contribution in [0.4, 0.5) is 4.39 Å². The molecule has 0 aliphatic heterocycles. The predicted molar refractivity (Wildman–Crippen MR) is 81.1 cm³/mol. The van der Waals surface area contributed by atoms with Gasteiger partial charge in [-0.25, -0.2) is 4.39 Å². The van der Waals surface area contributed by atoms with E-state index in [-0.39, 0.29) is 12.4 Å². The monoisotopic (exact) mass is 333 g/mol. The smallest absolute Gasteiger partial charge is 0.129 e. The topological polar surface area (TPSA) is 25.2 Å². The maximum atomic E-state index is 13.9. The van der Waals surface area contributed by atoms with Crippen molar-refractivity contribution in [1.29, 1.82) is 0 Å². The summed E-state index contributed by atoms with van der Waals surface area (Å²) in [6, 6.07) is 12.9. The molecule has 1 aromatic heterocycles. The van der Waals surface area contributed by atoms with Gasteiger partial charge < -0.3 is 9.67 Å². The third-order valence-electron chi connectivity index (χ3n) is 3.37. The first-order chi connectivity index (χ1) is 9.67. The fraction of sp³-hybridized carbons (Fsp3) is 0.125. The minimum absolute atomic E-state index is 0.0302. The van der Waals surface area contributed by atoms with Crippen LogP contribution in [0.5, 0.6) is 0 Å². The summed E-state index contributed by atoms with van der Waals surface area (Å²) in [4.78, 5) is 0. The number of hydrogen-bond acceptors (Lipinski definition) is 1. The van der Waals surface area contributed by atoms with E-state index in [1.54, 1.807) is 6.07 Å². The highest BCUT2D eigenvalue weighted by atomic mass is 79.9. The Hall–Kier alpha value is -1.65. The van der Waals surface area contributed by atoms with Gasteiger partial charge in [0.2, 0.25) is 0 Å². The van der Waals surface area contributed by atoms with Crippen LogP contribution in [0.15, 0.2) is 53.1 Å². The first kappa shape index (κ1) is 13.3. The molecule has 0 bridgehead atoms. The van der Waals surface area contributed by atoms with E-state index in [4.69, 9.17) is 5.11 Å². The quantitative estimate of drug-likeness (QED) is 0.767. The lowest BCUT2D eigenvalue weighted by Gasteiger charge is -2.08. The first-order valence-corrected chi connectivity index (χ1v) is 7.09. The first-order valence-electron chi connectivity index (χ1n) is 6.30. The van der Waals surface area contributed by atoms with Gasteiger partial charge in [0, 0.05) is 21.7 Å². The lowest BCUT2D eigenvalue weighted by atomic mass is 10.1. The lowest BCUT2D eigenvalue weighted by Crippen LogP contribution is -2.00. The number of fused-ring (bicyclic) bond motifs is 1. The van der Waals surface area contributed by atoms with Gasteiger partial charge in [0.1, 0.15) is 5.82 Å². The maximum absolute atomic E-state index is 13.9. The van der Waals surface area contributed by atoms with Crippen LogP contribution in [-0.4, -0.2) is 9.67 Å². The predicted octanol–water partition coefficient (Wildman–Crippen LogP) is 4.08. The molecule has 0 aliphatic carbocycles. The normalized spacial score (nSPS) is 11.2. The number of aliphatic hydroxyl groups excluding tert-OH is 1. The van der Waals surface area contributed by atoms with Crippen molar-refractivity contribution in [3.05, 3.63) is 70.1 Å². The molecule has 1 N–H and O–H groups in total. The molecule has 0 spiro atoms. The van der Waals surface area contributed by atoms with E-state index in [9.17, 15) is 4.39 Å². The lowest BCUT2D eigenvalue weighted by molar-refractivity contribution is 0.282. The van der Waals surface area contributed by atoms with Gasteiger partial charge in [-0.1, -0.05) is 28.1 Å². The van der Waals surface area contributed by atoms with Crippen molar-refractivity contribution in [2.24, 2.45) is 0 Å². The van der Waals surface area contributed by atoms with E-state index >= 15 is 0 Å². The Labute approximate surface area is 124 Å². The molecule has 2 nitrogen and oxygen atoms in total. The summed E-state index contributed by atoms with van der Waals surface area (Å²) < 4.78 is 16.6. The van der Waals surface area contributed by atoms with E-state index < -0.39 is 0 Å². The zero-order valence-corrected chi connectivity index (χ0v) is 12.3. The van der Waals surface area contributed by atoms with Crippen LogP contribution >= 0.6 is 15.9 Å². The van der Waals surface area contributed by atoms with E-state index in [0.29, 0.717) is 12.1 Å². The third-order valence-corrected chi connectivity index (χ3v) is 3.87. The molecule has 0 atom stereocenters. The zero-order valence-electron chi connectivity index (χ0n) is 10.7. The molecule has 3 rings (SSSR count). The number of benzene rings is 2. The van der Waals surface area contributed by atoms with E-state index in [2.05, 4.69) is 15.9 Å². The molecule has 20 heavy (non-hydrogen) atoms. The standard InChI is InChI=1S/C16H13BrFNO/c17-14-3-2-13(15(18)8-14)9-19-6-5-12-7-11(10-20)1-4-16(12)19/h1-8,20H,9-10H2. The Balaban J connectivity index is 1.98. The van der Waals surface area contributed by atoms with Crippen molar-refractivity contribution in [1.82, 2.24) is 4.57 Å². The minimum Gasteiger partial charge on any atom is -0.392 e. The Morgan fingerprint density at radius 2 is 1.95 bits per heavy atom. The van der Waals surface area contributed by atoms with Gasteiger partial charge in [0.25, 0.3) is 0 Å². The van der Waals surface area contributed by atoms with Gasteiger partial charge in [0.15, 0.2) is 0 Å². The average molecular weight is 334 g/mol. The van der Waals surface area contributed by atoms with Gasteiger partial charge in [-0.2, -0.15) is 0 Å². The van der Waals surface area contributed by atoms with Crippen molar-refractivity contribution >= 4 is 26.8 Å². The molecular weight excluding hydrogens is 321 g/mol. The average Bonchev–Trinajstić information content (AvgIpc) is 2.84. The van der Waals surface area contributed by atoms with Crippen molar-refractivity contribution in [3.8, 4) is 0 Å². The van der Waals surface area contributed by atoms with Gasteiger partial charge >= 0.3 is 0 Å². The molecule has 2 aromatic carbocycles. The van der Waals surface area contributed by atoms with Crippen molar-refractivity contribution in [2.75, 3.05) is 0 Å². The second-order valence-corrected chi connectivity index (χ2v) is 5.65. The number of aromatic nitrogens is 1. The van der Waals surface area contributed by atoms with Crippen molar-refractivity contribution in [2.45, 2.75) is 13.2 Å². The van der Waals surface area contributed by atoms with Crippen LogP contribution in [-0.2, 0) is 13.2 Å². The highest BCUT2D eigenvalue weighted by Crippen LogP contribution is 2.21. The van der Waals surface area contributed by atoms with Crippen LogP contribution in [0.25, 0.3) is 10.9 Å². The highest BCUT2D eigenvalue weighted by Gasteiger charge is 2.06. The van der Waals surface area contributed by atoms with Crippen LogP contribution < -0.4 is 0 Å². The SMILES string of the molecule is OCc1ccc2c(ccn2Cc2ccc(Br)cc2F)c1. The van der Waals surface area contributed by atoms with Gasteiger partial charge in [-0.3, -0.25) is 0 Å². The fourth-order valence-corrected chi connectivity index (χ4v) is 2.65. The molecule has 0 fully saturated rings. The highest BCUT2D eigenvalue weighted by molar-refractivity contribution is 9.10. The summed E-state index contributed by atoms with van der Waals surface area (Å²) in [5, 5.41) is 10.2. The van der Waals surface area contributed by atoms with Crippen LogP contribution in [0.1, 0.15) is 11.1 Å². The Morgan fingerprint density at radius 3 is 2.70 bits per heavy atom. The summed E-state index contributed by atoms with van der Waals surface area (Å²) in [5.74, 6) is -0.215. The summed E-state index contributed by atoms with van der Waals surface area (Å²) >= 11 is 3.26.